The van der Waals surface area contributed by atoms with E-state index in [9.17, 15) is 24.5 Å². The molecule has 3 unspecified atom stereocenters. The molecule has 1 amide bonds. The van der Waals surface area contributed by atoms with Crippen LogP contribution < -0.4 is 0 Å². The maximum atomic E-state index is 13.2. The van der Waals surface area contributed by atoms with E-state index in [1.165, 1.54) is 31.2 Å². The SMILES string of the molecule is COC(=O)C1C(=O)N=C(C)C(C(=O)OCCN(C)Cc2ccccc2)C1c1cccc([N+](=O)[O-])c1. The van der Waals surface area contributed by atoms with Crippen LogP contribution in [0.4, 0.5) is 5.69 Å². The summed E-state index contributed by atoms with van der Waals surface area (Å²) in [6.45, 7) is 2.69. The molecule has 0 bridgehead atoms. The molecule has 1 aliphatic heterocycles. The minimum Gasteiger partial charge on any atom is -0.468 e. The van der Waals surface area contributed by atoms with Gasteiger partial charge in [0.05, 0.1) is 12.0 Å². The Kier molecular flexibility index (Phi) is 8.43. The third-order valence-corrected chi connectivity index (χ3v) is 5.91. The van der Waals surface area contributed by atoms with Crippen molar-refractivity contribution in [1.29, 1.82) is 0 Å². The van der Waals surface area contributed by atoms with Crippen LogP contribution in [0.2, 0.25) is 0 Å². The number of amides is 1. The molecule has 0 aromatic heterocycles. The summed E-state index contributed by atoms with van der Waals surface area (Å²) in [6, 6.07) is 15.3. The first kappa shape index (κ1) is 25.7. The number of nitrogens with zero attached hydrogens (tertiary/aromatic N) is 3. The van der Waals surface area contributed by atoms with E-state index in [1.807, 2.05) is 42.3 Å². The predicted molar refractivity (Wildman–Crippen MR) is 127 cm³/mol. The van der Waals surface area contributed by atoms with Gasteiger partial charge in [-0.15, -0.1) is 0 Å². The summed E-state index contributed by atoms with van der Waals surface area (Å²) < 4.78 is 10.3. The lowest BCUT2D eigenvalue weighted by atomic mass is 9.72. The van der Waals surface area contributed by atoms with Gasteiger partial charge < -0.3 is 9.47 Å². The molecule has 0 spiro atoms. The fraction of sp³-hybridized carbons (Fsp3) is 0.360. The molecule has 10 nitrogen and oxygen atoms in total. The molecule has 10 heteroatoms. The smallest absolute Gasteiger partial charge is 0.318 e. The second-order valence-corrected chi connectivity index (χ2v) is 8.34. The molecule has 0 fully saturated rings. The average Bonchev–Trinajstić information content (AvgIpc) is 2.83. The van der Waals surface area contributed by atoms with Crippen LogP contribution in [-0.2, 0) is 30.4 Å². The van der Waals surface area contributed by atoms with Crippen LogP contribution >= 0.6 is 0 Å². The van der Waals surface area contributed by atoms with Gasteiger partial charge >= 0.3 is 11.9 Å². The second kappa shape index (κ2) is 11.5. The Labute approximate surface area is 202 Å². The van der Waals surface area contributed by atoms with Crippen molar-refractivity contribution in [3.8, 4) is 0 Å². The van der Waals surface area contributed by atoms with Crippen LogP contribution in [0.1, 0.15) is 24.0 Å². The number of benzene rings is 2. The van der Waals surface area contributed by atoms with Gasteiger partial charge in [-0.1, -0.05) is 42.5 Å². The molecule has 0 saturated carbocycles. The summed E-state index contributed by atoms with van der Waals surface area (Å²) in [7, 11) is 3.02. The zero-order valence-corrected chi connectivity index (χ0v) is 19.7. The molecule has 3 atom stereocenters. The fourth-order valence-corrected chi connectivity index (χ4v) is 4.21. The van der Waals surface area contributed by atoms with E-state index in [2.05, 4.69) is 4.99 Å². The van der Waals surface area contributed by atoms with E-state index in [4.69, 9.17) is 9.47 Å². The normalized spacial score (nSPS) is 19.7. The topological polar surface area (TPSA) is 128 Å². The largest absolute Gasteiger partial charge is 0.468 e. The van der Waals surface area contributed by atoms with Crippen molar-refractivity contribution in [3.63, 3.8) is 0 Å². The van der Waals surface area contributed by atoms with Gasteiger partial charge in [0.1, 0.15) is 18.4 Å². The minimum atomic E-state index is -1.43. The van der Waals surface area contributed by atoms with E-state index in [0.717, 1.165) is 12.7 Å². The highest BCUT2D eigenvalue weighted by molar-refractivity contribution is 6.14. The highest BCUT2D eigenvalue weighted by Gasteiger charge is 2.49. The van der Waals surface area contributed by atoms with Crippen molar-refractivity contribution < 1.29 is 28.8 Å². The molecule has 1 aliphatic rings. The van der Waals surface area contributed by atoms with Crippen LogP contribution in [-0.4, -0.2) is 60.7 Å². The maximum absolute atomic E-state index is 13.2. The van der Waals surface area contributed by atoms with Gasteiger partial charge in [0.2, 0.25) is 0 Å². The van der Waals surface area contributed by atoms with Crippen molar-refractivity contribution in [1.82, 2.24) is 4.90 Å². The number of aliphatic imine (C=N–C) groups is 1. The third-order valence-electron chi connectivity index (χ3n) is 5.91. The lowest BCUT2D eigenvalue weighted by Gasteiger charge is -2.33. The van der Waals surface area contributed by atoms with E-state index in [-0.39, 0.29) is 23.6 Å². The van der Waals surface area contributed by atoms with Crippen LogP contribution in [0.5, 0.6) is 0 Å². The molecule has 184 valence electrons. The van der Waals surface area contributed by atoms with Gasteiger partial charge in [-0.25, -0.2) is 4.99 Å². The highest BCUT2D eigenvalue weighted by atomic mass is 16.6. The van der Waals surface area contributed by atoms with E-state index >= 15 is 0 Å². The van der Waals surface area contributed by atoms with Crippen molar-refractivity contribution in [2.45, 2.75) is 19.4 Å². The number of likely N-dealkylation sites (N-methyl/N-ethyl adjacent to an activating group) is 1. The van der Waals surface area contributed by atoms with Crippen LogP contribution in [0.25, 0.3) is 0 Å². The van der Waals surface area contributed by atoms with Gasteiger partial charge in [0, 0.05) is 36.9 Å². The van der Waals surface area contributed by atoms with Gasteiger partial charge in [-0.2, -0.15) is 0 Å². The fourth-order valence-electron chi connectivity index (χ4n) is 4.21. The second-order valence-electron chi connectivity index (χ2n) is 8.34. The molecule has 0 N–H and O–H groups in total. The van der Waals surface area contributed by atoms with Crippen molar-refractivity contribution in [2.24, 2.45) is 16.8 Å². The Morgan fingerprint density at radius 1 is 1.09 bits per heavy atom. The Bertz CT molecular complexity index is 1130. The minimum absolute atomic E-state index is 0.0739. The van der Waals surface area contributed by atoms with Crippen molar-refractivity contribution in [2.75, 3.05) is 27.3 Å². The number of non-ortho nitro benzene ring substituents is 1. The first-order valence-corrected chi connectivity index (χ1v) is 11.0. The Hall–Kier alpha value is -3.92. The quantitative estimate of drug-likeness (QED) is 0.231. The summed E-state index contributed by atoms with van der Waals surface area (Å²) in [5, 5.41) is 11.3. The van der Waals surface area contributed by atoms with Crippen molar-refractivity contribution in [3.05, 3.63) is 75.8 Å². The molecular formula is C25H27N3O7. The summed E-state index contributed by atoms with van der Waals surface area (Å²) >= 11 is 0. The molecular weight excluding hydrogens is 454 g/mol. The summed E-state index contributed by atoms with van der Waals surface area (Å²) in [4.78, 5) is 55.0. The van der Waals surface area contributed by atoms with Crippen LogP contribution in [0.3, 0.4) is 0 Å². The number of hydrogen-bond acceptors (Lipinski definition) is 8. The first-order chi connectivity index (χ1) is 16.7. The number of esters is 2. The highest BCUT2D eigenvalue weighted by Crippen LogP contribution is 2.40. The number of carbonyl (C=O) groups is 3. The Morgan fingerprint density at radius 3 is 2.46 bits per heavy atom. The molecule has 0 aliphatic carbocycles. The van der Waals surface area contributed by atoms with Gasteiger partial charge in [0.25, 0.3) is 11.6 Å². The monoisotopic (exact) mass is 481 g/mol. The number of nitro groups is 1. The van der Waals surface area contributed by atoms with E-state index < -0.39 is 40.5 Å². The summed E-state index contributed by atoms with van der Waals surface area (Å²) in [6.07, 6.45) is 0. The number of carbonyl (C=O) groups excluding carboxylic acids is 3. The number of hydrogen-bond donors (Lipinski definition) is 0. The number of rotatable bonds is 9. The molecule has 2 aromatic rings. The molecule has 3 rings (SSSR count). The van der Waals surface area contributed by atoms with E-state index in [0.29, 0.717) is 13.1 Å². The molecule has 2 aromatic carbocycles. The van der Waals surface area contributed by atoms with Gasteiger partial charge in [-0.05, 0) is 25.1 Å². The molecule has 0 saturated heterocycles. The molecule has 35 heavy (non-hydrogen) atoms. The maximum Gasteiger partial charge on any atom is 0.318 e. The number of nitro benzene ring substituents is 1. The van der Waals surface area contributed by atoms with Crippen LogP contribution in [0.15, 0.2) is 59.6 Å². The number of ether oxygens (including phenoxy) is 2. The number of methoxy groups -OCH3 is 1. The standard InChI is InChI=1S/C25H27N3O7/c1-16-20(25(31)35-13-12-27(2)15-17-8-5-4-6-9-17)21(22(23(29)26-16)24(30)34-3)18-10-7-11-19(14-18)28(32)33/h4-11,14,20-22H,12-13,15H2,1-3H3. The lowest BCUT2D eigenvalue weighted by molar-refractivity contribution is -0.384. The summed E-state index contributed by atoms with van der Waals surface area (Å²) in [5.41, 5.74) is 1.34. The average molecular weight is 482 g/mol. The summed E-state index contributed by atoms with van der Waals surface area (Å²) in [5.74, 6) is -5.87. The van der Waals surface area contributed by atoms with Gasteiger partial charge in [-0.3, -0.25) is 29.4 Å². The Balaban J connectivity index is 1.82. The third kappa shape index (κ3) is 6.15. The molecule has 1 heterocycles. The Morgan fingerprint density at radius 2 is 1.80 bits per heavy atom. The first-order valence-electron chi connectivity index (χ1n) is 11.0. The van der Waals surface area contributed by atoms with E-state index in [1.54, 1.807) is 0 Å². The van der Waals surface area contributed by atoms with Crippen LogP contribution in [0, 0.1) is 22.0 Å². The zero-order chi connectivity index (χ0) is 25.5. The zero-order valence-electron chi connectivity index (χ0n) is 19.7. The van der Waals surface area contributed by atoms with Gasteiger partial charge in [0.15, 0.2) is 0 Å². The molecule has 0 radical (unpaired) electrons. The van der Waals surface area contributed by atoms with Crippen molar-refractivity contribution >= 4 is 29.2 Å². The predicted octanol–water partition coefficient (Wildman–Crippen LogP) is 2.76. The lowest BCUT2D eigenvalue weighted by Crippen LogP contribution is -2.44.